The average Bonchev–Trinajstić information content (AvgIpc) is 2.73. The molecule has 1 fully saturated rings. The molecule has 1 saturated heterocycles. The van der Waals surface area contributed by atoms with Crippen LogP contribution in [0.15, 0.2) is 53.5 Å². The van der Waals surface area contributed by atoms with Crippen LogP contribution >= 0.6 is 0 Å². The van der Waals surface area contributed by atoms with Crippen molar-refractivity contribution >= 4 is 11.8 Å². The van der Waals surface area contributed by atoms with E-state index in [1.165, 1.54) is 28.5 Å². The zero-order chi connectivity index (χ0) is 20.1. The van der Waals surface area contributed by atoms with Crippen molar-refractivity contribution in [1.82, 2.24) is 19.7 Å². The lowest BCUT2D eigenvalue weighted by atomic mass is 10.1. The van der Waals surface area contributed by atoms with Crippen molar-refractivity contribution in [3.8, 4) is 0 Å². The lowest BCUT2D eigenvalue weighted by Crippen LogP contribution is -2.60. The van der Waals surface area contributed by atoms with Gasteiger partial charge in [0.05, 0.1) is 5.56 Å². The average molecular weight is 382 g/mol. The van der Waals surface area contributed by atoms with E-state index in [2.05, 4.69) is 22.3 Å². The maximum absolute atomic E-state index is 13.0. The van der Waals surface area contributed by atoms with Gasteiger partial charge in [0.2, 0.25) is 11.5 Å². The number of piperazine rings is 1. The monoisotopic (exact) mass is 382 g/mol. The van der Waals surface area contributed by atoms with Crippen LogP contribution in [0.2, 0.25) is 0 Å². The first-order valence-electron chi connectivity index (χ1n) is 9.45. The quantitative estimate of drug-likeness (QED) is 0.817. The van der Waals surface area contributed by atoms with Gasteiger partial charge in [0.1, 0.15) is 6.04 Å². The third kappa shape index (κ3) is 4.48. The smallest absolute Gasteiger partial charge is 0.256 e. The zero-order valence-corrected chi connectivity index (χ0v) is 16.3. The maximum atomic E-state index is 13.0. The Labute approximate surface area is 164 Å². The molecule has 0 spiro atoms. The molecule has 2 aromatic rings. The number of carbonyl (C=O) groups is 2. The van der Waals surface area contributed by atoms with Gasteiger partial charge in [0.25, 0.3) is 5.91 Å². The molecule has 7 nitrogen and oxygen atoms in total. The molecule has 1 aliphatic rings. The van der Waals surface area contributed by atoms with Gasteiger partial charge in [-0.2, -0.15) is 0 Å². The van der Waals surface area contributed by atoms with E-state index in [4.69, 9.17) is 0 Å². The van der Waals surface area contributed by atoms with Gasteiger partial charge in [-0.25, -0.2) is 0 Å². The maximum Gasteiger partial charge on any atom is 0.256 e. The van der Waals surface area contributed by atoms with Gasteiger partial charge >= 0.3 is 0 Å². The predicted molar refractivity (Wildman–Crippen MR) is 107 cm³/mol. The summed E-state index contributed by atoms with van der Waals surface area (Å²) in [6, 6.07) is 12.6. The van der Waals surface area contributed by atoms with Crippen LogP contribution in [0.25, 0.3) is 0 Å². The normalized spacial score (nSPS) is 17.4. The highest BCUT2D eigenvalue weighted by atomic mass is 16.2. The van der Waals surface area contributed by atoms with Gasteiger partial charge in [-0.05, 0) is 18.1 Å². The molecule has 1 aliphatic heterocycles. The Morgan fingerprint density at radius 1 is 1.11 bits per heavy atom. The van der Waals surface area contributed by atoms with E-state index in [0.29, 0.717) is 25.2 Å². The van der Waals surface area contributed by atoms with Crippen LogP contribution in [-0.4, -0.2) is 65.4 Å². The van der Waals surface area contributed by atoms with E-state index in [1.54, 1.807) is 19.0 Å². The number of benzene rings is 1. The molecule has 0 saturated carbocycles. The molecule has 1 unspecified atom stereocenters. The van der Waals surface area contributed by atoms with E-state index in [-0.39, 0.29) is 17.4 Å². The number of amides is 2. The first kappa shape index (κ1) is 19.8. The number of aryl methyl sites for hydroxylation is 1. The number of nitrogens with one attached hydrogen (secondary N) is 1. The van der Waals surface area contributed by atoms with Crippen LogP contribution in [0.4, 0.5) is 0 Å². The topological polar surface area (TPSA) is 74.7 Å². The van der Waals surface area contributed by atoms with E-state index >= 15 is 0 Å². The van der Waals surface area contributed by atoms with Gasteiger partial charge in [-0.15, -0.1) is 0 Å². The second-order valence-electron chi connectivity index (χ2n) is 7.03. The first-order valence-corrected chi connectivity index (χ1v) is 9.45. The largest absolute Gasteiger partial charge is 0.357 e. The van der Waals surface area contributed by atoms with Gasteiger partial charge in [0, 0.05) is 52.5 Å². The molecular weight excluding hydrogens is 356 g/mol. The Bertz CT molecular complexity index is 894. The minimum absolute atomic E-state index is 0.176. The van der Waals surface area contributed by atoms with Gasteiger partial charge in [0.15, 0.2) is 0 Å². The lowest BCUT2D eigenvalue weighted by molar-refractivity contribution is -0.127. The molecule has 1 aromatic heterocycles. The summed E-state index contributed by atoms with van der Waals surface area (Å²) in [7, 11) is 3.19. The van der Waals surface area contributed by atoms with Gasteiger partial charge in [-0.1, -0.05) is 30.3 Å². The number of aromatic nitrogens is 1. The number of likely N-dealkylation sites (N-methyl/N-ethyl adjacent to an activating group) is 1. The molecule has 1 atom stereocenters. The highest BCUT2D eigenvalue weighted by Crippen LogP contribution is 2.15. The zero-order valence-electron chi connectivity index (χ0n) is 16.3. The summed E-state index contributed by atoms with van der Waals surface area (Å²) < 4.78 is 1.37. The van der Waals surface area contributed by atoms with Crippen LogP contribution in [0, 0.1) is 0 Å². The van der Waals surface area contributed by atoms with Crippen LogP contribution in [0.5, 0.6) is 0 Å². The Kier molecular flexibility index (Phi) is 6.26. The number of nitrogens with zero attached hydrogens (tertiary/aromatic N) is 3. The summed E-state index contributed by atoms with van der Waals surface area (Å²) in [5, 5.41) is 2.67. The van der Waals surface area contributed by atoms with E-state index in [1.807, 2.05) is 18.2 Å². The Morgan fingerprint density at radius 2 is 1.86 bits per heavy atom. The van der Waals surface area contributed by atoms with Crippen LogP contribution in [0.3, 0.4) is 0 Å². The van der Waals surface area contributed by atoms with Crippen molar-refractivity contribution in [3.63, 3.8) is 0 Å². The van der Waals surface area contributed by atoms with Gasteiger partial charge < -0.3 is 14.8 Å². The summed E-state index contributed by atoms with van der Waals surface area (Å²) in [5.74, 6) is -0.408. The number of rotatable bonds is 5. The fourth-order valence-electron chi connectivity index (χ4n) is 3.49. The Hall–Kier alpha value is -2.93. The lowest BCUT2D eigenvalue weighted by Gasteiger charge is -2.40. The minimum Gasteiger partial charge on any atom is -0.357 e. The minimum atomic E-state index is -0.556. The molecular formula is C21H26N4O3. The van der Waals surface area contributed by atoms with Crippen molar-refractivity contribution in [3.05, 3.63) is 70.1 Å². The van der Waals surface area contributed by atoms with Crippen LogP contribution < -0.4 is 10.9 Å². The molecule has 0 radical (unpaired) electrons. The Balaban J connectivity index is 1.71. The third-order valence-electron chi connectivity index (χ3n) is 5.17. The molecule has 28 heavy (non-hydrogen) atoms. The van der Waals surface area contributed by atoms with Gasteiger partial charge in [-0.3, -0.25) is 19.3 Å². The van der Waals surface area contributed by atoms with E-state index in [9.17, 15) is 14.4 Å². The number of hydrogen-bond acceptors (Lipinski definition) is 4. The molecule has 148 valence electrons. The summed E-state index contributed by atoms with van der Waals surface area (Å²) >= 11 is 0. The molecule has 2 heterocycles. The van der Waals surface area contributed by atoms with E-state index < -0.39 is 6.04 Å². The van der Waals surface area contributed by atoms with Crippen molar-refractivity contribution < 1.29 is 9.59 Å². The standard InChI is InChI=1S/C21H26N4O3/c1-22-20(27)18-15-24(11-10-16-6-4-3-5-7-16)12-13-25(18)21(28)17-8-9-19(26)23(2)14-17/h3-9,14,18H,10-13,15H2,1-2H3,(H,22,27). The fraction of sp³-hybridized carbons (Fsp3) is 0.381. The summed E-state index contributed by atoms with van der Waals surface area (Å²) in [6.45, 7) is 2.50. The molecule has 3 rings (SSSR count). The van der Waals surface area contributed by atoms with Crippen molar-refractivity contribution in [1.29, 1.82) is 0 Å². The van der Waals surface area contributed by atoms with Crippen LogP contribution in [0.1, 0.15) is 15.9 Å². The van der Waals surface area contributed by atoms with Crippen molar-refractivity contribution in [2.24, 2.45) is 7.05 Å². The van der Waals surface area contributed by atoms with Crippen molar-refractivity contribution in [2.45, 2.75) is 12.5 Å². The third-order valence-corrected chi connectivity index (χ3v) is 5.17. The summed E-state index contributed by atoms with van der Waals surface area (Å²) in [6.07, 6.45) is 2.42. The second-order valence-corrected chi connectivity index (χ2v) is 7.03. The first-order chi connectivity index (χ1) is 13.5. The molecule has 1 aromatic carbocycles. The van der Waals surface area contributed by atoms with Crippen molar-refractivity contribution in [2.75, 3.05) is 33.2 Å². The van der Waals surface area contributed by atoms with E-state index in [0.717, 1.165) is 13.0 Å². The predicted octanol–water partition coefficient (Wildman–Crippen LogP) is 0.500. The SMILES string of the molecule is CNC(=O)C1CN(CCc2ccccc2)CCN1C(=O)c1ccc(=O)n(C)c1. The molecule has 7 heteroatoms. The molecule has 1 N–H and O–H groups in total. The summed E-state index contributed by atoms with van der Waals surface area (Å²) in [5.41, 5.74) is 1.49. The number of hydrogen-bond donors (Lipinski definition) is 1. The molecule has 0 bridgehead atoms. The summed E-state index contributed by atoms with van der Waals surface area (Å²) in [4.78, 5) is 40.9. The second kappa shape index (κ2) is 8.84. The highest BCUT2D eigenvalue weighted by molar-refractivity contribution is 5.97. The van der Waals surface area contributed by atoms with Crippen LogP contribution in [-0.2, 0) is 18.3 Å². The highest BCUT2D eigenvalue weighted by Gasteiger charge is 2.35. The Morgan fingerprint density at radius 3 is 2.54 bits per heavy atom. The molecule has 0 aliphatic carbocycles. The number of pyridine rings is 1. The number of carbonyl (C=O) groups excluding carboxylic acids is 2. The fourth-order valence-corrected chi connectivity index (χ4v) is 3.49. The molecule has 2 amide bonds.